The second-order valence-corrected chi connectivity index (χ2v) is 5.03. The van der Waals surface area contributed by atoms with Crippen LogP contribution in [0.1, 0.15) is 17.3 Å². The Morgan fingerprint density at radius 2 is 1.90 bits per heavy atom. The first-order valence-electron chi connectivity index (χ1n) is 6.32. The Morgan fingerprint density at radius 1 is 1.19 bits per heavy atom. The van der Waals surface area contributed by atoms with Crippen molar-refractivity contribution in [3.05, 3.63) is 57.8 Å². The molecule has 0 unspecified atom stereocenters. The van der Waals surface area contributed by atoms with Crippen molar-refractivity contribution >= 4 is 40.5 Å². The Balaban J connectivity index is 2.33. The third-order valence-electron chi connectivity index (χ3n) is 2.81. The summed E-state index contributed by atoms with van der Waals surface area (Å²) >= 11 is 11.9. The molecule has 2 aromatic rings. The number of anilines is 2. The number of amides is 1. The maximum Gasteiger partial charge on any atom is 0.257 e. The third-order valence-corrected chi connectivity index (χ3v) is 3.63. The van der Waals surface area contributed by atoms with E-state index in [9.17, 15) is 9.18 Å². The average Bonchev–Trinajstić information content (AvgIpc) is 2.46. The van der Waals surface area contributed by atoms with Gasteiger partial charge in [0.05, 0.1) is 27.0 Å². The number of benzene rings is 2. The highest BCUT2D eigenvalue weighted by atomic mass is 35.5. The van der Waals surface area contributed by atoms with Crippen molar-refractivity contribution in [1.82, 2.24) is 0 Å². The molecule has 0 spiro atoms. The Hall–Kier alpha value is -1.78. The normalized spacial score (nSPS) is 10.3. The lowest BCUT2D eigenvalue weighted by atomic mass is 10.1. The van der Waals surface area contributed by atoms with Crippen LogP contribution in [0.15, 0.2) is 36.4 Å². The molecule has 0 fully saturated rings. The molecular formula is C15H13Cl2FN2O. The maximum absolute atomic E-state index is 13.8. The van der Waals surface area contributed by atoms with Crippen LogP contribution >= 0.6 is 23.2 Å². The molecule has 0 aliphatic rings. The van der Waals surface area contributed by atoms with Crippen LogP contribution in [0.2, 0.25) is 10.0 Å². The molecule has 6 heteroatoms. The topological polar surface area (TPSA) is 41.1 Å². The monoisotopic (exact) mass is 326 g/mol. The molecule has 2 rings (SSSR count). The fraction of sp³-hybridized carbons (Fsp3) is 0.133. The SMILES string of the molecule is CCNc1c(F)cccc1C(=O)Nc1cccc(Cl)c1Cl. The minimum atomic E-state index is -0.485. The number of para-hydroxylation sites is 1. The number of halogens is 3. The fourth-order valence-corrected chi connectivity index (χ4v) is 2.21. The van der Waals surface area contributed by atoms with Crippen molar-refractivity contribution in [2.45, 2.75) is 6.92 Å². The zero-order valence-corrected chi connectivity index (χ0v) is 12.7. The summed E-state index contributed by atoms with van der Waals surface area (Å²) in [6.45, 7) is 2.32. The van der Waals surface area contributed by atoms with E-state index in [-0.39, 0.29) is 16.3 Å². The first-order valence-corrected chi connectivity index (χ1v) is 7.08. The van der Waals surface area contributed by atoms with Crippen LogP contribution in [0, 0.1) is 5.82 Å². The average molecular weight is 327 g/mol. The van der Waals surface area contributed by atoms with Gasteiger partial charge in [-0.3, -0.25) is 4.79 Å². The number of carbonyl (C=O) groups excluding carboxylic acids is 1. The molecule has 110 valence electrons. The van der Waals surface area contributed by atoms with Crippen LogP contribution in [0.4, 0.5) is 15.8 Å². The smallest absolute Gasteiger partial charge is 0.257 e. The van der Waals surface area contributed by atoms with E-state index >= 15 is 0 Å². The van der Waals surface area contributed by atoms with E-state index in [0.717, 1.165) is 0 Å². The van der Waals surface area contributed by atoms with Gasteiger partial charge in [0.1, 0.15) is 5.82 Å². The van der Waals surface area contributed by atoms with Crippen molar-refractivity contribution in [1.29, 1.82) is 0 Å². The standard InChI is InChI=1S/C15H13Cl2FN2O/c1-2-19-14-9(5-3-7-11(14)18)15(21)20-12-8-4-6-10(16)13(12)17/h3-8,19H,2H2,1H3,(H,20,21). The zero-order valence-electron chi connectivity index (χ0n) is 11.2. The lowest BCUT2D eigenvalue weighted by Crippen LogP contribution is -2.16. The summed E-state index contributed by atoms with van der Waals surface area (Å²) in [5, 5.41) is 6.05. The van der Waals surface area contributed by atoms with E-state index in [4.69, 9.17) is 23.2 Å². The summed E-state index contributed by atoms with van der Waals surface area (Å²) in [5.74, 6) is -0.948. The lowest BCUT2D eigenvalue weighted by molar-refractivity contribution is 0.102. The predicted octanol–water partition coefficient (Wildman–Crippen LogP) is 4.82. The largest absolute Gasteiger partial charge is 0.382 e. The highest BCUT2D eigenvalue weighted by Crippen LogP contribution is 2.30. The molecule has 21 heavy (non-hydrogen) atoms. The summed E-state index contributed by atoms with van der Waals surface area (Å²) < 4.78 is 13.8. The lowest BCUT2D eigenvalue weighted by Gasteiger charge is -2.13. The molecule has 3 nitrogen and oxygen atoms in total. The number of rotatable bonds is 4. The van der Waals surface area contributed by atoms with Crippen LogP contribution in [-0.4, -0.2) is 12.5 Å². The van der Waals surface area contributed by atoms with E-state index < -0.39 is 11.7 Å². The van der Waals surface area contributed by atoms with Crippen molar-refractivity contribution in [2.24, 2.45) is 0 Å². The quantitative estimate of drug-likeness (QED) is 0.845. The summed E-state index contributed by atoms with van der Waals surface area (Å²) in [5.41, 5.74) is 0.740. The highest BCUT2D eigenvalue weighted by Gasteiger charge is 2.16. The molecule has 0 aliphatic carbocycles. The van der Waals surface area contributed by atoms with E-state index in [1.807, 2.05) is 6.92 Å². The van der Waals surface area contributed by atoms with Gasteiger partial charge in [-0.15, -0.1) is 0 Å². The summed E-state index contributed by atoms with van der Waals surface area (Å²) in [6, 6.07) is 9.21. The van der Waals surface area contributed by atoms with E-state index in [2.05, 4.69) is 10.6 Å². The van der Waals surface area contributed by atoms with Gasteiger partial charge >= 0.3 is 0 Å². The van der Waals surface area contributed by atoms with Gasteiger partial charge in [-0.2, -0.15) is 0 Å². The third kappa shape index (κ3) is 3.46. The van der Waals surface area contributed by atoms with Crippen molar-refractivity contribution in [3.63, 3.8) is 0 Å². The first-order chi connectivity index (χ1) is 10.0. The molecular weight excluding hydrogens is 314 g/mol. The van der Waals surface area contributed by atoms with E-state index in [1.165, 1.54) is 18.2 Å². The molecule has 2 aromatic carbocycles. The van der Waals surface area contributed by atoms with Gasteiger partial charge in [-0.25, -0.2) is 4.39 Å². The van der Waals surface area contributed by atoms with Crippen LogP contribution < -0.4 is 10.6 Å². The second kappa shape index (κ2) is 6.78. The molecule has 0 aliphatic heterocycles. The maximum atomic E-state index is 13.8. The van der Waals surface area contributed by atoms with Gasteiger partial charge in [0.25, 0.3) is 5.91 Å². The van der Waals surface area contributed by atoms with Gasteiger partial charge in [-0.05, 0) is 31.2 Å². The number of carbonyl (C=O) groups is 1. The fourth-order valence-electron chi connectivity index (χ4n) is 1.86. The van der Waals surface area contributed by atoms with Crippen LogP contribution in [0.3, 0.4) is 0 Å². The van der Waals surface area contributed by atoms with Crippen molar-refractivity contribution < 1.29 is 9.18 Å². The summed E-state index contributed by atoms with van der Waals surface area (Å²) in [6.07, 6.45) is 0. The molecule has 2 N–H and O–H groups in total. The Morgan fingerprint density at radius 3 is 2.62 bits per heavy atom. The van der Waals surface area contributed by atoms with Crippen LogP contribution in [0.5, 0.6) is 0 Å². The van der Waals surface area contributed by atoms with Crippen molar-refractivity contribution in [2.75, 3.05) is 17.2 Å². The van der Waals surface area contributed by atoms with Gasteiger partial charge in [0, 0.05) is 6.54 Å². The Bertz CT molecular complexity index is 677. The summed E-state index contributed by atoms with van der Waals surface area (Å²) in [4.78, 5) is 12.3. The number of hydrogen-bond donors (Lipinski definition) is 2. The molecule has 0 saturated carbocycles. The molecule has 0 heterocycles. The number of nitrogens with one attached hydrogen (secondary N) is 2. The summed E-state index contributed by atoms with van der Waals surface area (Å²) in [7, 11) is 0. The Labute approximate surface area is 132 Å². The Kier molecular flexibility index (Phi) is 5.04. The minimum Gasteiger partial charge on any atom is -0.382 e. The molecule has 0 bridgehead atoms. The van der Waals surface area contributed by atoms with Gasteiger partial charge < -0.3 is 10.6 Å². The van der Waals surface area contributed by atoms with Gasteiger partial charge in [0.2, 0.25) is 0 Å². The van der Waals surface area contributed by atoms with Crippen LogP contribution in [-0.2, 0) is 0 Å². The van der Waals surface area contributed by atoms with Crippen molar-refractivity contribution in [3.8, 4) is 0 Å². The zero-order chi connectivity index (χ0) is 15.4. The van der Waals surface area contributed by atoms with Gasteiger partial charge in [-0.1, -0.05) is 35.3 Å². The van der Waals surface area contributed by atoms with Crippen LogP contribution in [0.25, 0.3) is 0 Å². The minimum absolute atomic E-state index is 0.163. The van der Waals surface area contributed by atoms with Gasteiger partial charge in [0.15, 0.2) is 0 Å². The second-order valence-electron chi connectivity index (χ2n) is 4.25. The number of hydrogen-bond acceptors (Lipinski definition) is 2. The predicted molar refractivity (Wildman–Crippen MR) is 85.0 cm³/mol. The first kappa shape index (κ1) is 15.6. The molecule has 0 atom stereocenters. The molecule has 1 amide bonds. The molecule has 0 radical (unpaired) electrons. The van der Waals surface area contributed by atoms with E-state index in [1.54, 1.807) is 18.2 Å². The molecule has 0 aromatic heterocycles. The highest BCUT2D eigenvalue weighted by molar-refractivity contribution is 6.44. The van der Waals surface area contributed by atoms with E-state index in [0.29, 0.717) is 17.3 Å². The molecule has 0 saturated heterocycles.